The molecule has 2 aliphatic rings. The van der Waals surface area contributed by atoms with E-state index in [1.807, 2.05) is 18.2 Å². The van der Waals surface area contributed by atoms with Crippen LogP contribution in [0.4, 0.5) is 0 Å². The molecular weight excluding hydrogens is 352 g/mol. The Balaban J connectivity index is 1.37. The highest BCUT2D eigenvalue weighted by Crippen LogP contribution is 2.46. The first-order valence-electron chi connectivity index (χ1n) is 10.1. The van der Waals surface area contributed by atoms with Crippen molar-refractivity contribution in [1.29, 1.82) is 0 Å². The number of guanidine groups is 1. The Morgan fingerprint density at radius 3 is 2.89 bits per heavy atom. The molecule has 2 N–H and O–H groups in total. The minimum absolute atomic E-state index is 0.0334. The quantitative estimate of drug-likeness (QED) is 0.472. The Morgan fingerprint density at radius 2 is 2.11 bits per heavy atom. The molecule has 1 aromatic carbocycles. The van der Waals surface area contributed by atoms with Gasteiger partial charge < -0.3 is 20.1 Å². The van der Waals surface area contributed by atoms with Gasteiger partial charge in [-0.1, -0.05) is 18.2 Å². The number of nitrogens with one attached hydrogen (secondary N) is 2. The second kappa shape index (κ2) is 8.50. The fourth-order valence-corrected chi connectivity index (χ4v) is 4.20. The fourth-order valence-electron chi connectivity index (χ4n) is 4.20. The van der Waals surface area contributed by atoms with Crippen LogP contribution in [0.15, 0.2) is 53.8 Å². The summed E-state index contributed by atoms with van der Waals surface area (Å²) in [5.74, 6) is 2.56. The van der Waals surface area contributed by atoms with Crippen LogP contribution in [0.3, 0.4) is 0 Å². The van der Waals surface area contributed by atoms with Crippen LogP contribution in [-0.2, 0) is 0 Å². The van der Waals surface area contributed by atoms with E-state index in [4.69, 9.17) is 9.47 Å². The zero-order valence-electron chi connectivity index (χ0n) is 16.4. The van der Waals surface area contributed by atoms with Gasteiger partial charge in [-0.05, 0) is 43.9 Å². The van der Waals surface area contributed by atoms with E-state index >= 15 is 0 Å². The van der Waals surface area contributed by atoms with Gasteiger partial charge in [0.1, 0.15) is 23.7 Å². The van der Waals surface area contributed by atoms with E-state index in [0.717, 1.165) is 36.7 Å². The molecule has 28 heavy (non-hydrogen) atoms. The third kappa shape index (κ3) is 4.21. The summed E-state index contributed by atoms with van der Waals surface area (Å²) in [7, 11) is 1.80. The monoisotopic (exact) mass is 380 g/mol. The molecule has 1 fully saturated rings. The van der Waals surface area contributed by atoms with Crippen LogP contribution in [0.25, 0.3) is 0 Å². The van der Waals surface area contributed by atoms with Crippen molar-refractivity contribution in [3.8, 4) is 11.5 Å². The lowest BCUT2D eigenvalue weighted by Crippen LogP contribution is -2.47. The highest BCUT2D eigenvalue weighted by atomic mass is 16.5. The van der Waals surface area contributed by atoms with Gasteiger partial charge in [0, 0.05) is 25.2 Å². The standard InChI is InChI=1S/C22H28N4O2/c1-23-21(25-13-14-27-17-7-6-12-24-16-17)26-19-15-22(10-4-5-11-22)28-20-9-3-2-8-18(19)20/h2-3,6-9,12,16,19H,4-5,10-11,13-15H2,1H3,(H2,23,25,26). The first-order chi connectivity index (χ1) is 13.8. The van der Waals surface area contributed by atoms with E-state index in [1.165, 1.54) is 18.4 Å². The smallest absolute Gasteiger partial charge is 0.191 e. The van der Waals surface area contributed by atoms with Gasteiger partial charge in [0.15, 0.2) is 5.96 Å². The van der Waals surface area contributed by atoms with Crippen LogP contribution in [0.5, 0.6) is 11.5 Å². The Labute approximate surface area is 166 Å². The summed E-state index contributed by atoms with van der Waals surface area (Å²) in [5, 5.41) is 6.95. The van der Waals surface area contributed by atoms with Gasteiger partial charge in [-0.3, -0.25) is 9.98 Å². The molecule has 0 saturated heterocycles. The van der Waals surface area contributed by atoms with Crippen LogP contribution < -0.4 is 20.1 Å². The molecule has 6 heteroatoms. The Hall–Kier alpha value is -2.76. The average Bonchev–Trinajstić information content (AvgIpc) is 3.18. The molecule has 4 rings (SSSR count). The number of benzene rings is 1. The Morgan fingerprint density at radius 1 is 1.25 bits per heavy atom. The summed E-state index contributed by atoms with van der Waals surface area (Å²) in [4.78, 5) is 8.46. The number of pyridine rings is 1. The van der Waals surface area contributed by atoms with Gasteiger partial charge in [0.2, 0.25) is 0 Å². The molecule has 6 nitrogen and oxygen atoms in total. The summed E-state index contributed by atoms with van der Waals surface area (Å²) in [6, 6.07) is 12.3. The molecule has 0 amide bonds. The van der Waals surface area contributed by atoms with Crippen LogP contribution in [0, 0.1) is 0 Å². The van der Waals surface area contributed by atoms with E-state index in [2.05, 4.69) is 38.8 Å². The van der Waals surface area contributed by atoms with Crippen molar-refractivity contribution >= 4 is 5.96 Å². The fraction of sp³-hybridized carbons (Fsp3) is 0.455. The zero-order chi connectivity index (χ0) is 19.2. The molecule has 0 radical (unpaired) electrons. The van der Waals surface area contributed by atoms with Gasteiger partial charge in [0.25, 0.3) is 0 Å². The van der Waals surface area contributed by atoms with Crippen molar-refractivity contribution in [3.05, 3.63) is 54.4 Å². The first kappa shape index (κ1) is 18.6. The molecule has 2 aromatic rings. The molecule has 1 aliphatic carbocycles. The Kier molecular flexibility index (Phi) is 5.65. The molecule has 2 heterocycles. The maximum absolute atomic E-state index is 6.45. The minimum Gasteiger partial charge on any atom is -0.490 e. The van der Waals surface area contributed by atoms with Gasteiger partial charge >= 0.3 is 0 Å². The van der Waals surface area contributed by atoms with Gasteiger partial charge in [-0.15, -0.1) is 0 Å². The number of hydrogen-bond donors (Lipinski definition) is 2. The lowest BCUT2D eigenvalue weighted by atomic mass is 9.86. The van der Waals surface area contributed by atoms with Crippen molar-refractivity contribution in [1.82, 2.24) is 15.6 Å². The number of fused-ring (bicyclic) bond motifs is 1. The van der Waals surface area contributed by atoms with Gasteiger partial charge in [-0.25, -0.2) is 0 Å². The molecule has 148 valence electrons. The number of hydrogen-bond acceptors (Lipinski definition) is 4. The van der Waals surface area contributed by atoms with Gasteiger partial charge in [0.05, 0.1) is 18.8 Å². The molecule has 1 aromatic heterocycles. The van der Waals surface area contributed by atoms with Crippen molar-refractivity contribution in [3.63, 3.8) is 0 Å². The van der Waals surface area contributed by atoms with E-state index in [9.17, 15) is 0 Å². The van der Waals surface area contributed by atoms with Crippen molar-refractivity contribution < 1.29 is 9.47 Å². The predicted octanol–water partition coefficient (Wildman–Crippen LogP) is 3.46. The number of nitrogens with zero attached hydrogens (tertiary/aromatic N) is 2. The largest absolute Gasteiger partial charge is 0.490 e. The van der Waals surface area contributed by atoms with E-state index in [0.29, 0.717) is 13.2 Å². The molecule has 1 unspecified atom stereocenters. The van der Waals surface area contributed by atoms with Crippen LogP contribution in [-0.4, -0.2) is 36.7 Å². The number of aromatic nitrogens is 1. The number of aliphatic imine (C=N–C) groups is 1. The second-order valence-corrected chi connectivity index (χ2v) is 7.47. The summed E-state index contributed by atoms with van der Waals surface area (Å²) in [5.41, 5.74) is 1.17. The van der Waals surface area contributed by atoms with E-state index < -0.39 is 0 Å². The summed E-state index contributed by atoms with van der Waals surface area (Å²) in [6.07, 6.45) is 9.17. The van der Waals surface area contributed by atoms with Crippen LogP contribution in [0.1, 0.15) is 43.7 Å². The Bertz CT molecular complexity index is 803. The zero-order valence-corrected chi connectivity index (χ0v) is 16.4. The maximum Gasteiger partial charge on any atom is 0.191 e. The molecule has 1 saturated carbocycles. The highest BCUT2D eigenvalue weighted by molar-refractivity contribution is 5.80. The van der Waals surface area contributed by atoms with Crippen molar-refractivity contribution in [2.24, 2.45) is 4.99 Å². The minimum atomic E-state index is -0.0334. The molecule has 1 spiro atoms. The SMILES string of the molecule is CN=C(NCCOc1cccnc1)NC1CC2(CCCC2)Oc2ccccc21. The molecular formula is C22H28N4O2. The molecule has 1 atom stereocenters. The third-order valence-electron chi connectivity index (χ3n) is 5.54. The second-order valence-electron chi connectivity index (χ2n) is 7.47. The van der Waals surface area contributed by atoms with Crippen LogP contribution >= 0.6 is 0 Å². The average molecular weight is 380 g/mol. The topological polar surface area (TPSA) is 67.8 Å². The van der Waals surface area contributed by atoms with E-state index in [1.54, 1.807) is 19.4 Å². The van der Waals surface area contributed by atoms with Crippen molar-refractivity contribution in [2.45, 2.75) is 43.7 Å². The first-order valence-corrected chi connectivity index (χ1v) is 10.1. The number of ether oxygens (including phenoxy) is 2. The van der Waals surface area contributed by atoms with E-state index in [-0.39, 0.29) is 11.6 Å². The van der Waals surface area contributed by atoms with Crippen molar-refractivity contribution in [2.75, 3.05) is 20.2 Å². The molecule has 1 aliphatic heterocycles. The number of para-hydroxylation sites is 1. The summed E-state index contributed by atoms with van der Waals surface area (Å²) >= 11 is 0. The van der Waals surface area contributed by atoms with Gasteiger partial charge in [-0.2, -0.15) is 0 Å². The predicted molar refractivity (Wildman–Crippen MR) is 110 cm³/mol. The molecule has 0 bridgehead atoms. The van der Waals surface area contributed by atoms with Crippen LogP contribution in [0.2, 0.25) is 0 Å². The highest BCUT2D eigenvalue weighted by Gasteiger charge is 2.43. The lowest BCUT2D eigenvalue weighted by molar-refractivity contribution is 0.0396. The number of rotatable bonds is 5. The summed E-state index contributed by atoms with van der Waals surface area (Å²) in [6.45, 7) is 1.20. The third-order valence-corrected chi connectivity index (χ3v) is 5.54. The maximum atomic E-state index is 6.45. The lowest BCUT2D eigenvalue weighted by Gasteiger charge is -2.40. The summed E-state index contributed by atoms with van der Waals surface area (Å²) < 4.78 is 12.1. The normalized spacial score (nSPS) is 20.3.